The van der Waals surface area contributed by atoms with E-state index in [4.69, 9.17) is 28.5 Å². The summed E-state index contributed by atoms with van der Waals surface area (Å²) in [6.07, 6.45) is 8.77. The Labute approximate surface area is 527 Å². The van der Waals surface area contributed by atoms with E-state index in [1.165, 1.54) is 43.4 Å². The monoisotopic (exact) mass is 1270 g/mol. The zero-order valence-electron chi connectivity index (χ0n) is 53.6. The van der Waals surface area contributed by atoms with E-state index in [1.54, 1.807) is 36.4 Å². The predicted octanol–water partition coefficient (Wildman–Crippen LogP) is 6.52. The first-order valence-corrected chi connectivity index (χ1v) is 31.9. The molecule has 1 fully saturated rings. The number of anilines is 1. The first kappa shape index (κ1) is 76.4. The van der Waals surface area contributed by atoms with Crippen molar-refractivity contribution in [3.8, 4) is 5.75 Å². The number of aromatic nitrogens is 1. The summed E-state index contributed by atoms with van der Waals surface area (Å²) in [5.41, 5.74) is 0.953. The summed E-state index contributed by atoms with van der Waals surface area (Å²) >= 11 is 1.18. The number of nitrogens with one attached hydrogen (secondary N) is 3. The molecule has 25 heteroatoms. The molecule has 4 rings (SSSR count). The number of piperidine rings is 1. The largest absolute Gasteiger partial charge is 0.506 e. The van der Waals surface area contributed by atoms with E-state index in [-0.39, 0.29) is 141 Å². The molecular weight excluding hydrogens is 1170 g/mol. The second kappa shape index (κ2) is 40.7. The first-order valence-electron chi connectivity index (χ1n) is 31.0. The number of benzene rings is 1. The minimum Gasteiger partial charge on any atom is -0.506 e. The van der Waals surface area contributed by atoms with Crippen LogP contribution in [0.5, 0.6) is 5.75 Å². The molecule has 6 amide bonds. The number of phenols is 1. The number of rotatable bonds is 41. The van der Waals surface area contributed by atoms with Crippen LogP contribution in [-0.4, -0.2) is 181 Å². The third kappa shape index (κ3) is 27.0. The summed E-state index contributed by atoms with van der Waals surface area (Å²) in [6.45, 7) is 17.1. The summed E-state index contributed by atoms with van der Waals surface area (Å²) in [6, 6.07) is 2.89. The minimum atomic E-state index is -0.878. The van der Waals surface area contributed by atoms with Crippen LogP contribution in [0.15, 0.2) is 35.7 Å². The summed E-state index contributed by atoms with van der Waals surface area (Å²) in [7, 11) is 3.72. The molecule has 0 radical (unpaired) electrons. The molecular formula is C64H95N7O17S. The highest BCUT2D eigenvalue weighted by Gasteiger charge is 2.38. The Morgan fingerprint density at radius 3 is 2.11 bits per heavy atom. The summed E-state index contributed by atoms with van der Waals surface area (Å²) in [4.78, 5) is 155. The van der Waals surface area contributed by atoms with Crippen LogP contribution in [0, 0.1) is 23.7 Å². The van der Waals surface area contributed by atoms with E-state index >= 15 is 0 Å². The zero-order chi connectivity index (χ0) is 66.2. The van der Waals surface area contributed by atoms with Crippen molar-refractivity contribution in [2.24, 2.45) is 23.7 Å². The van der Waals surface area contributed by atoms with Crippen molar-refractivity contribution < 1.29 is 81.6 Å². The van der Waals surface area contributed by atoms with Crippen molar-refractivity contribution in [1.82, 2.24) is 30.3 Å². The van der Waals surface area contributed by atoms with Crippen LogP contribution in [0.25, 0.3) is 0 Å². The second-order valence-corrected chi connectivity index (χ2v) is 24.2. The van der Waals surface area contributed by atoms with Gasteiger partial charge in [-0.3, -0.25) is 57.7 Å². The van der Waals surface area contributed by atoms with E-state index < -0.39 is 53.7 Å². The first-order chi connectivity index (χ1) is 42.3. The fourth-order valence-electron chi connectivity index (χ4n) is 10.6. The molecule has 0 saturated carbocycles. The number of hydrogen-bond donors (Lipinski definition) is 4. The van der Waals surface area contributed by atoms with Gasteiger partial charge in [-0.1, -0.05) is 66.9 Å². The molecule has 0 aliphatic carbocycles. The number of ketones is 3. The molecule has 0 spiro atoms. The molecule has 8 atom stereocenters. The van der Waals surface area contributed by atoms with Gasteiger partial charge in [0.25, 0.3) is 17.7 Å². The van der Waals surface area contributed by atoms with Gasteiger partial charge in [0, 0.05) is 107 Å². The van der Waals surface area contributed by atoms with Gasteiger partial charge in [0.2, 0.25) is 17.7 Å². The van der Waals surface area contributed by atoms with E-state index in [9.17, 15) is 53.1 Å². The number of esters is 1. The summed E-state index contributed by atoms with van der Waals surface area (Å²) < 4.78 is 22.3. The Bertz CT molecular complexity index is 2710. The van der Waals surface area contributed by atoms with E-state index in [2.05, 4.69) is 25.8 Å². The standard InChI is InChI=1S/C63H95N7O15S.CO2/c1-11-17-46(65-61(80)50-39-86-62(67-50)56(85-44(8)71)38-52(40(3)4)69(10)63(81)48(41(5)12-2)37-55(75)51-20-13-14-26-68(51)9)35-45-21-22-53(73)49(36-45)66-60(79)42(6)34-54(74)43(7)64-57(76)25-29-83-31-33-84-32-30-82-28-16-19-47(72)18-15-27-70-58(77)23-24-59(70)78;2-1-3/h21-24,36,39-43,46,48,51-52,56,73H,11-20,25-35,37-38H2,1-10H3,(H,64,76)(H,65,80)(H,66,79);/t41-,42+,43-,46+,48-,51?,52+,56+;/m0./s1. The lowest BCUT2D eigenvalue weighted by atomic mass is 9.83. The third-order valence-corrected chi connectivity index (χ3v) is 16.8. The normalized spacial score (nSPS) is 16.4. The average Bonchev–Trinajstić information content (AvgIpc) is 3.16. The van der Waals surface area contributed by atoms with Gasteiger partial charge in [-0.25, -0.2) is 4.98 Å². The maximum Gasteiger partial charge on any atom is 0.373 e. The molecule has 494 valence electrons. The van der Waals surface area contributed by atoms with Crippen molar-refractivity contribution in [1.29, 1.82) is 0 Å². The number of ether oxygens (including phenoxy) is 4. The zero-order valence-corrected chi connectivity index (χ0v) is 54.4. The van der Waals surface area contributed by atoms with Crippen molar-refractivity contribution >= 4 is 81.9 Å². The molecule has 2 aliphatic heterocycles. The average molecular weight is 1270 g/mol. The second-order valence-electron chi connectivity index (χ2n) is 23.3. The molecule has 24 nitrogen and oxygen atoms in total. The van der Waals surface area contributed by atoms with E-state index in [0.717, 1.165) is 43.5 Å². The van der Waals surface area contributed by atoms with Gasteiger partial charge in [0.1, 0.15) is 22.2 Å². The highest BCUT2D eigenvalue weighted by molar-refractivity contribution is 7.09. The Balaban J connectivity index is 0.00000675. The summed E-state index contributed by atoms with van der Waals surface area (Å²) in [5, 5.41) is 21.2. The Hall–Kier alpha value is -6.89. The van der Waals surface area contributed by atoms with Gasteiger partial charge in [-0.15, -0.1) is 11.3 Å². The predicted molar refractivity (Wildman–Crippen MR) is 330 cm³/mol. The number of carbonyl (C=O) groups excluding carboxylic acids is 12. The molecule has 0 bridgehead atoms. The number of hydrogen-bond acceptors (Lipinski definition) is 20. The lowest BCUT2D eigenvalue weighted by Gasteiger charge is -2.37. The molecule has 3 heterocycles. The van der Waals surface area contributed by atoms with Crippen LogP contribution in [0.3, 0.4) is 0 Å². The summed E-state index contributed by atoms with van der Waals surface area (Å²) in [5.74, 6) is -4.63. The fourth-order valence-corrected chi connectivity index (χ4v) is 11.4. The number of nitrogens with zero attached hydrogens (tertiary/aromatic N) is 4. The maximum atomic E-state index is 14.4. The number of phenolic OH excluding ortho intramolecular Hbond substituents is 1. The van der Waals surface area contributed by atoms with E-state index in [1.807, 2.05) is 41.7 Å². The van der Waals surface area contributed by atoms with Crippen molar-refractivity contribution in [3.63, 3.8) is 0 Å². The molecule has 2 aromatic rings. The van der Waals surface area contributed by atoms with Crippen LogP contribution in [0.2, 0.25) is 0 Å². The number of likely N-dealkylation sites (tertiary alicyclic amines) is 1. The van der Waals surface area contributed by atoms with Gasteiger partial charge < -0.3 is 44.9 Å². The van der Waals surface area contributed by atoms with Crippen LogP contribution in [0.1, 0.15) is 172 Å². The smallest absolute Gasteiger partial charge is 0.373 e. The molecule has 1 unspecified atom stereocenters. The maximum absolute atomic E-state index is 14.4. The number of likely N-dealkylation sites (N-methyl/N-ethyl adjacent to an activating group) is 1. The molecule has 89 heavy (non-hydrogen) atoms. The molecule has 4 N–H and O–H groups in total. The van der Waals surface area contributed by atoms with Crippen LogP contribution < -0.4 is 16.0 Å². The quantitative estimate of drug-likeness (QED) is 0.0238. The number of imide groups is 1. The lowest BCUT2D eigenvalue weighted by molar-refractivity contribution is -0.192. The van der Waals surface area contributed by atoms with Crippen molar-refractivity contribution in [2.45, 2.75) is 182 Å². The highest BCUT2D eigenvalue weighted by atomic mass is 32.1. The number of aromatic hydroxyl groups is 1. The minimum absolute atomic E-state index is 0.00363. The Morgan fingerprint density at radius 1 is 0.854 bits per heavy atom. The molecule has 1 aromatic carbocycles. The van der Waals surface area contributed by atoms with Crippen molar-refractivity contribution in [3.05, 3.63) is 52.0 Å². The number of carbonyl (C=O) groups is 10. The Morgan fingerprint density at radius 2 is 1.49 bits per heavy atom. The molecule has 1 saturated heterocycles. The van der Waals surface area contributed by atoms with Crippen LogP contribution in [0.4, 0.5) is 5.69 Å². The third-order valence-electron chi connectivity index (χ3n) is 15.9. The van der Waals surface area contributed by atoms with Crippen LogP contribution in [-0.2, 0) is 78.1 Å². The molecule has 2 aliphatic rings. The van der Waals surface area contributed by atoms with Crippen molar-refractivity contribution in [2.75, 3.05) is 72.1 Å². The number of thiazole rings is 1. The number of amides is 6. The SMILES string of the molecule is CCC[C@H](Cc1ccc(O)c(NC(=O)[C@H](C)CC(=O)[C@H](C)NC(=O)CCOCCOCCOCCCC(=O)CCCN2C(=O)C=CC2=O)c1)NC(=O)c1csc([C@@H](C[C@H](C(C)C)N(C)C(=O)[C@@H](CC(=O)C2CCCCN2C)[C@@H](C)CC)OC(C)=O)n1.O=C=O. The van der Waals surface area contributed by atoms with Crippen LogP contribution >= 0.6 is 11.3 Å². The van der Waals surface area contributed by atoms with E-state index in [0.29, 0.717) is 62.5 Å². The van der Waals surface area contributed by atoms with Gasteiger partial charge >= 0.3 is 12.1 Å². The highest BCUT2D eigenvalue weighted by Crippen LogP contribution is 2.33. The van der Waals surface area contributed by atoms with Gasteiger partial charge in [0.15, 0.2) is 17.7 Å². The lowest BCUT2D eigenvalue weighted by Crippen LogP contribution is -2.48. The Kier molecular flexibility index (Phi) is 34.9. The molecule has 1 aromatic heterocycles. The number of Topliss-reactive ketones (excluding diaryl/α,β-unsaturated/α-hetero) is 3. The van der Waals surface area contributed by atoms with Gasteiger partial charge in [-0.2, -0.15) is 9.59 Å². The fraction of sp³-hybridized carbons (Fsp3) is 0.656. The van der Waals surface area contributed by atoms with Gasteiger partial charge in [-0.05, 0) is 88.6 Å². The topological polar surface area (TPSA) is 321 Å². The van der Waals surface area contributed by atoms with Gasteiger partial charge in [0.05, 0.1) is 50.8 Å².